The molecule has 0 amide bonds. The van der Waals surface area contributed by atoms with Gasteiger partial charge in [-0.25, -0.2) is 8.42 Å². The summed E-state index contributed by atoms with van der Waals surface area (Å²) in [4.78, 5) is 0. The van der Waals surface area contributed by atoms with E-state index in [2.05, 4.69) is 17.4 Å². The van der Waals surface area contributed by atoms with Crippen molar-refractivity contribution in [3.63, 3.8) is 0 Å². The smallest absolute Gasteiger partial charge is 0.151 e. The number of nitrogens with one attached hydrogen (secondary N) is 1. The first-order valence-electron chi connectivity index (χ1n) is 8.73. The van der Waals surface area contributed by atoms with E-state index in [0.29, 0.717) is 0 Å². The van der Waals surface area contributed by atoms with Crippen molar-refractivity contribution in [1.82, 2.24) is 5.32 Å². The summed E-state index contributed by atoms with van der Waals surface area (Å²) >= 11 is 0. The molecule has 1 aromatic rings. The highest BCUT2D eigenvalue weighted by Crippen LogP contribution is 2.37. The second kappa shape index (κ2) is 6.81. The van der Waals surface area contributed by atoms with E-state index in [4.69, 9.17) is 4.74 Å². The van der Waals surface area contributed by atoms with E-state index in [-0.39, 0.29) is 23.6 Å². The summed E-state index contributed by atoms with van der Waals surface area (Å²) in [7, 11) is -2.96. The van der Waals surface area contributed by atoms with Gasteiger partial charge < -0.3 is 10.1 Å². The van der Waals surface area contributed by atoms with Crippen LogP contribution in [0.2, 0.25) is 0 Å². The lowest BCUT2D eigenvalue weighted by atomic mass is 9.97. The molecule has 0 aromatic heterocycles. The molecule has 0 spiro atoms. The lowest BCUT2D eigenvalue weighted by molar-refractivity contribution is 0.314. The van der Waals surface area contributed by atoms with Crippen molar-refractivity contribution in [3.05, 3.63) is 28.8 Å². The van der Waals surface area contributed by atoms with Crippen LogP contribution in [0.5, 0.6) is 5.75 Å². The highest BCUT2D eigenvalue weighted by atomic mass is 32.2. The highest BCUT2D eigenvalue weighted by molar-refractivity contribution is 7.91. The fourth-order valence-corrected chi connectivity index (χ4v) is 4.80. The van der Waals surface area contributed by atoms with Gasteiger partial charge in [0.05, 0.1) is 12.4 Å². The summed E-state index contributed by atoms with van der Waals surface area (Å²) in [6.07, 6.45) is 5.50. The number of ether oxygens (including phenoxy) is 1. The van der Waals surface area contributed by atoms with E-state index < -0.39 is 9.84 Å². The number of hydrogen-bond donors (Lipinski definition) is 1. The summed E-state index contributed by atoms with van der Waals surface area (Å²) in [6.45, 7) is 4.41. The second-order valence-electron chi connectivity index (χ2n) is 6.82. The number of aryl methyl sites for hydroxylation is 2. The van der Waals surface area contributed by atoms with E-state index >= 15 is 0 Å². The lowest BCUT2D eigenvalue weighted by Gasteiger charge is -2.24. The molecule has 2 aliphatic rings. The Kier molecular flexibility index (Phi) is 4.97. The largest absolute Gasteiger partial charge is 0.493 e. The Morgan fingerprint density at radius 2 is 2.00 bits per heavy atom. The summed E-state index contributed by atoms with van der Waals surface area (Å²) in [5, 5.41) is 3.54. The van der Waals surface area contributed by atoms with Crippen molar-refractivity contribution in [3.8, 4) is 5.75 Å². The van der Waals surface area contributed by atoms with Gasteiger partial charge in [-0.15, -0.1) is 0 Å². The first-order chi connectivity index (χ1) is 11.0. The maximum Gasteiger partial charge on any atom is 0.151 e. The van der Waals surface area contributed by atoms with Crippen molar-refractivity contribution >= 4 is 9.84 Å². The Morgan fingerprint density at radius 3 is 2.74 bits per heavy atom. The normalized spacial score (nSPS) is 21.9. The first kappa shape index (κ1) is 16.8. The average molecular weight is 337 g/mol. The van der Waals surface area contributed by atoms with E-state index in [9.17, 15) is 8.42 Å². The van der Waals surface area contributed by atoms with Gasteiger partial charge in [0.2, 0.25) is 0 Å². The quantitative estimate of drug-likeness (QED) is 0.898. The second-order valence-corrected chi connectivity index (χ2v) is 9.22. The summed E-state index contributed by atoms with van der Waals surface area (Å²) < 4.78 is 29.7. The minimum Gasteiger partial charge on any atom is -0.493 e. The monoisotopic (exact) mass is 337 g/mol. The van der Waals surface area contributed by atoms with Gasteiger partial charge in [0.15, 0.2) is 9.84 Å². The standard InChI is InChI=1S/C18H27NO3S/c1-3-23(20,21)12-13(2)19-17-8-5-9-22-18-11-15-7-4-6-14(15)10-16(17)18/h10-11,13,17,19H,3-9,12H2,1-2H3/t13-,17+/m0/s1. The lowest BCUT2D eigenvalue weighted by Crippen LogP contribution is -2.36. The number of rotatable bonds is 5. The van der Waals surface area contributed by atoms with Crippen molar-refractivity contribution in [2.45, 2.75) is 58.0 Å². The van der Waals surface area contributed by atoms with Crippen LogP contribution in [0.25, 0.3) is 0 Å². The molecule has 23 heavy (non-hydrogen) atoms. The third-order valence-corrected chi connectivity index (χ3v) is 6.81. The molecule has 5 heteroatoms. The van der Waals surface area contributed by atoms with Crippen LogP contribution in [-0.4, -0.2) is 32.6 Å². The van der Waals surface area contributed by atoms with Crippen LogP contribution in [0.1, 0.15) is 55.8 Å². The fraction of sp³-hybridized carbons (Fsp3) is 0.667. The van der Waals surface area contributed by atoms with Crippen LogP contribution < -0.4 is 10.1 Å². The Bertz CT molecular complexity index is 669. The van der Waals surface area contributed by atoms with Crippen molar-refractivity contribution in [2.75, 3.05) is 18.1 Å². The number of sulfone groups is 1. The molecule has 128 valence electrons. The molecule has 1 aliphatic carbocycles. The van der Waals surface area contributed by atoms with Gasteiger partial charge in [-0.05, 0) is 56.2 Å². The Hall–Kier alpha value is -1.07. The molecule has 1 aromatic carbocycles. The maximum atomic E-state index is 11.9. The molecular weight excluding hydrogens is 310 g/mol. The molecule has 0 saturated carbocycles. The van der Waals surface area contributed by atoms with Gasteiger partial charge in [-0.3, -0.25) is 0 Å². The van der Waals surface area contributed by atoms with Crippen LogP contribution in [0, 0.1) is 0 Å². The first-order valence-corrected chi connectivity index (χ1v) is 10.6. The van der Waals surface area contributed by atoms with Crippen LogP contribution in [-0.2, 0) is 22.7 Å². The number of benzene rings is 1. The van der Waals surface area contributed by atoms with E-state index in [1.54, 1.807) is 6.92 Å². The average Bonchev–Trinajstić information content (AvgIpc) is 2.87. The molecule has 4 nitrogen and oxygen atoms in total. The molecule has 1 heterocycles. The Balaban J connectivity index is 1.81. The third kappa shape index (κ3) is 3.89. The molecular formula is C18H27NO3S. The van der Waals surface area contributed by atoms with Gasteiger partial charge >= 0.3 is 0 Å². The molecule has 0 bridgehead atoms. The third-order valence-electron chi connectivity index (χ3n) is 4.92. The zero-order valence-electron chi connectivity index (χ0n) is 14.1. The molecule has 2 atom stereocenters. The van der Waals surface area contributed by atoms with E-state index in [1.165, 1.54) is 23.1 Å². The molecule has 3 rings (SSSR count). The van der Waals surface area contributed by atoms with Gasteiger partial charge in [0, 0.05) is 23.4 Å². The zero-order chi connectivity index (χ0) is 16.4. The van der Waals surface area contributed by atoms with Crippen molar-refractivity contribution in [2.24, 2.45) is 0 Å². The molecule has 1 aliphatic heterocycles. The SMILES string of the molecule is CCS(=O)(=O)C[C@H](C)N[C@@H]1CCCOc2cc3c(cc21)CCC3. The Labute approximate surface area is 139 Å². The molecule has 0 saturated heterocycles. The van der Waals surface area contributed by atoms with Gasteiger partial charge in [0.1, 0.15) is 5.75 Å². The Morgan fingerprint density at radius 1 is 1.26 bits per heavy atom. The topological polar surface area (TPSA) is 55.4 Å². The molecule has 0 radical (unpaired) electrons. The number of hydrogen-bond acceptors (Lipinski definition) is 4. The van der Waals surface area contributed by atoms with Crippen molar-refractivity contribution < 1.29 is 13.2 Å². The predicted molar refractivity (Wildman–Crippen MR) is 92.9 cm³/mol. The van der Waals surface area contributed by atoms with Crippen LogP contribution >= 0.6 is 0 Å². The number of fused-ring (bicyclic) bond motifs is 2. The molecule has 0 fully saturated rings. The fourth-order valence-electron chi connectivity index (χ4n) is 3.71. The van der Waals surface area contributed by atoms with Crippen LogP contribution in [0.3, 0.4) is 0 Å². The van der Waals surface area contributed by atoms with Gasteiger partial charge in [-0.1, -0.05) is 13.0 Å². The van der Waals surface area contributed by atoms with Crippen LogP contribution in [0.15, 0.2) is 12.1 Å². The molecule has 0 unspecified atom stereocenters. The van der Waals surface area contributed by atoms with E-state index in [0.717, 1.165) is 38.0 Å². The zero-order valence-corrected chi connectivity index (χ0v) is 14.9. The highest BCUT2D eigenvalue weighted by Gasteiger charge is 2.25. The van der Waals surface area contributed by atoms with Gasteiger partial charge in [0.25, 0.3) is 0 Å². The van der Waals surface area contributed by atoms with Crippen molar-refractivity contribution in [1.29, 1.82) is 0 Å². The predicted octanol–water partition coefficient (Wildman–Crippen LogP) is 2.80. The molecule has 1 N–H and O–H groups in total. The summed E-state index contributed by atoms with van der Waals surface area (Å²) in [5.74, 6) is 1.39. The minimum absolute atomic E-state index is 0.0517. The van der Waals surface area contributed by atoms with Crippen LogP contribution in [0.4, 0.5) is 0 Å². The van der Waals surface area contributed by atoms with E-state index in [1.807, 2.05) is 6.92 Å². The maximum absolute atomic E-state index is 11.9. The van der Waals surface area contributed by atoms with Gasteiger partial charge in [-0.2, -0.15) is 0 Å². The summed E-state index contributed by atoms with van der Waals surface area (Å²) in [5.41, 5.74) is 4.07. The summed E-state index contributed by atoms with van der Waals surface area (Å²) in [6, 6.07) is 4.64. The minimum atomic E-state index is -2.96.